The van der Waals surface area contributed by atoms with Gasteiger partial charge in [-0.25, -0.2) is 0 Å². The Morgan fingerprint density at radius 3 is 2.94 bits per heavy atom. The second kappa shape index (κ2) is 8.78. The van der Waals surface area contributed by atoms with Gasteiger partial charge in [0.25, 0.3) is 0 Å². The molecule has 0 fully saturated rings. The molecule has 2 N–H and O–H groups in total. The molecule has 0 atom stereocenters. The fourth-order valence-electron chi connectivity index (χ4n) is 1.33. The average Bonchev–Trinajstić information content (AvgIpc) is 2.34. The predicted molar refractivity (Wildman–Crippen MR) is 72.8 cm³/mol. The number of aliphatic hydroxyl groups excluding tert-OH is 1. The molecule has 0 saturated carbocycles. The molecule has 0 aliphatic carbocycles. The number of halogens is 1. The second-order valence-electron chi connectivity index (χ2n) is 3.51. The summed E-state index contributed by atoms with van der Waals surface area (Å²) in [6.07, 6.45) is 0. The molecular formula is C12H18ClNO2S. The molecule has 0 aliphatic heterocycles. The third kappa shape index (κ3) is 5.75. The van der Waals surface area contributed by atoms with Gasteiger partial charge in [0.1, 0.15) is 0 Å². The van der Waals surface area contributed by atoms with Crippen LogP contribution in [0, 0.1) is 0 Å². The summed E-state index contributed by atoms with van der Waals surface area (Å²) in [7, 11) is 1.69. The first-order valence-corrected chi connectivity index (χ1v) is 6.86. The van der Waals surface area contributed by atoms with Crippen molar-refractivity contribution in [2.45, 2.75) is 11.4 Å². The number of methoxy groups -OCH3 is 1. The van der Waals surface area contributed by atoms with Gasteiger partial charge in [0, 0.05) is 30.8 Å². The molecule has 0 amide bonds. The van der Waals surface area contributed by atoms with Crippen molar-refractivity contribution in [2.75, 3.05) is 32.6 Å². The summed E-state index contributed by atoms with van der Waals surface area (Å²) in [6, 6.07) is 6.00. The summed E-state index contributed by atoms with van der Waals surface area (Å²) in [5.41, 5.74) is 1.15. The number of nitrogens with one attached hydrogen (secondary N) is 1. The van der Waals surface area contributed by atoms with Crippen LogP contribution in [-0.4, -0.2) is 37.7 Å². The molecule has 3 nitrogen and oxygen atoms in total. The first-order valence-electron chi connectivity index (χ1n) is 5.49. The average molecular weight is 276 g/mol. The summed E-state index contributed by atoms with van der Waals surface area (Å²) in [4.78, 5) is 1.02. The lowest BCUT2D eigenvalue weighted by molar-refractivity contribution is 0.199. The fraction of sp³-hybridized carbons (Fsp3) is 0.500. The number of hydrogen-bond acceptors (Lipinski definition) is 4. The monoisotopic (exact) mass is 275 g/mol. The van der Waals surface area contributed by atoms with Crippen molar-refractivity contribution >= 4 is 23.4 Å². The Morgan fingerprint density at radius 2 is 2.29 bits per heavy atom. The molecule has 0 spiro atoms. The molecule has 1 aromatic rings. The summed E-state index contributed by atoms with van der Waals surface area (Å²) < 4.78 is 4.95. The van der Waals surface area contributed by atoms with Crippen LogP contribution in [0.15, 0.2) is 23.1 Å². The molecule has 96 valence electrons. The van der Waals surface area contributed by atoms with E-state index in [1.165, 1.54) is 0 Å². The highest BCUT2D eigenvalue weighted by atomic mass is 35.5. The predicted octanol–water partition coefficient (Wildman–Crippen LogP) is 2.16. The molecule has 0 saturated heterocycles. The number of thioether (sulfide) groups is 1. The molecule has 1 aromatic carbocycles. The van der Waals surface area contributed by atoms with E-state index in [0.29, 0.717) is 12.4 Å². The molecule has 0 radical (unpaired) electrons. The van der Waals surface area contributed by atoms with Gasteiger partial charge in [0.15, 0.2) is 0 Å². The summed E-state index contributed by atoms with van der Waals surface area (Å²) in [6.45, 7) is 2.49. The third-order valence-electron chi connectivity index (χ3n) is 2.16. The van der Waals surface area contributed by atoms with Crippen LogP contribution in [0.25, 0.3) is 0 Å². The first kappa shape index (κ1) is 14.8. The van der Waals surface area contributed by atoms with Crippen molar-refractivity contribution in [3.63, 3.8) is 0 Å². The Labute approximate surface area is 112 Å². The highest BCUT2D eigenvalue weighted by Crippen LogP contribution is 2.27. The maximum Gasteiger partial charge on any atom is 0.0587 e. The van der Waals surface area contributed by atoms with E-state index in [1.807, 2.05) is 18.2 Å². The number of benzene rings is 1. The Bertz CT molecular complexity index is 336. The number of rotatable bonds is 8. The zero-order valence-corrected chi connectivity index (χ0v) is 11.5. The first-order chi connectivity index (χ1) is 8.27. The lowest BCUT2D eigenvalue weighted by Crippen LogP contribution is -2.18. The van der Waals surface area contributed by atoms with Crippen LogP contribution in [0.4, 0.5) is 0 Å². The van der Waals surface area contributed by atoms with Crippen LogP contribution >= 0.6 is 23.4 Å². The van der Waals surface area contributed by atoms with Gasteiger partial charge < -0.3 is 15.2 Å². The lowest BCUT2D eigenvalue weighted by Gasteiger charge is -2.07. The number of hydrogen-bond donors (Lipinski definition) is 2. The topological polar surface area (TPSA) is 41.5 Å². The minimum absolute atomic E-state index is 0.168. The largest absolute Gasteiger partial charge is 0.396 e. The third-order valence-corrected chi connectivity index (χ3v) is 3.64. The fourth-order valence-corrected chi connectivity index (χ4v) is 2.37. The quantitative estimate of drug-likeness (QED) is 0.564. The van der Waals surface area contributed by atoms with E-state index in [1.54, 1.807) is 18.9 Å². The van der Waals surface area contributed by atoms with Crippen molar-refractivity contribution in [1.29, 1.82) is 0 Å². The van der Waals surface area contributed by atoms with Crippen LogP contribution in [0.5, 0.6) is 0 Å². The van der Waals surface area contributed by atoms with E-state index in [2.05, 4.69) is 5.32 Å². The van der Waals surface area contributed by atoms with Gasteiger partial charge in [-0.05, 0) is 17.7 Å². The van der Waals surface area contributed by atoms with Gasteiger partial charge in [0.2, 0.25) is 0 Å². The van der Waals surface area contributed by atoms with Crippen molar-refractivity contribution in [3.05, 3.63) is 28.8 Å². The lowest BCUT2D eigenvalue weighted by atomic mass is 10.2. The molecule has 0 bridgehead atoms. The van der Waals surface area contributed by atoms with Crippen molar-refractivity contribution < 1.29 is 9.84 Å². The van der Waals surface area contributed by atoms with Crippen molar-refractivity contribution in [2.24, 2.45) is 0 Å². The zero-order valence-electron chi connectivity index (χ0n) is 9.91. The van der Waals surface area contributed by atoms with Crippen molar-refractivity contribution in [3.8, 4) is 0 Å². The van der Waals surface area contributed by atoms with Crippen LogP contribution in [0.1, 0.15) is 5.56 Å². The maximum atomic E-state index is 8.75. The van der Waals surface area contributed by atoms with Crippen LogP contribution < -0.4 is 5.32 Å². The van der Waals surface area contributed by atoms with E-state index >= 15 is 0 Å². The SMILES string of the molecule is COCCNCc1ccc(SCCO)c(Cl)c1. The van der Waals surface area contributed by atoms with Crippen LogP contribution in [0.3, 0.4) is 0 Å². The minimum Gasteiger partial charge on any atom is -0.396 e. The molecule has 0 unspecified atom stereocenters. The molecular weight excluding hydrogens is 258 g/mol. The maximum absolute atomic E-state index is 8.75. The van der Waals surface area contributed by atoms with E-state index < -0.39 is 0 Å². The van der Waals surface area contributed by atoms with Gasteiger partial charge in [-0.15, -0.1) is 11.8 Å². The van der Waals surface area contributed by atoms with Crippen LogP contribution in [-0.2, 0) is 11.3 Å². The van der Waals surface area contributed by atoms with Crippen LogP contribution in [0.2, 0.25) is 5.02 Å². The Morgan fingerprint density at radius 1 is 1.47 bits per heavy atom. The van der Waals surface area contributed by atoms with Gasteiger partial charge in [-0.2, -0.15) is 0 Å². The van der Waals surface area contributed by atoms with E-state index in [0.717, 1.165) is 28.6 Å². The Hall–Kier alpha value is -0.260. The minimum atomic E-state index is 0.168. The summed E-state index contributed by atoms with van der Waals surface area (Å²) in [5.74, 6) is 0.672. The highest BCUT2D eigenvalue weighted by Gasteiger charge is 2.02. The number of ether oxygens (including phenoxy) is 1. The van der Waals surface area contributed by atoms with Gasteiger partial charge in [-0.1, -0.05) is 17.7 Å². The Kier molecular flexibility index (Phi) is 7.64. The van der Waals surface area contributed by atoms with E-state index in [4.69, 9.17) is 21.4 Å². The Balaban J connectivity index is 2.44. The normalized spacial score (nSPS) is 10.8. The molecule has 0 aliphatic rings. The van der Waals surface area contributed by atoms with Gasteiger partial charge in [0.05, 0.1) is 18.2 Å². The number of aliphatic hydroxyl groups is 1. The van der Waals surface area contributed by atoms with E-state index in [9.17, 15) is 0 Å². The standard InChI is InChI=1S/C12H18ClNO2S/c1-16-6-4-14-9-10-2-3-12(11(13)8-10)17-7-5-15/h2-3,8,14-15H,4-7,9H2,1H3. The highest BCUT2D eigenvalue weighted by molar-refractivity contribution is 7.99. The zero-order chi connectivity index (χ0) is 12.5. The molecule has 17 heavy (non-hydrogen) atoms. The molecule has 1 rings (SSSR count). The smallest absolute Gasteiger partial charge is 0.0587 e. The second-order valence-corrected chi connectivity index (χ2v) is 5.05. The molecule has 0 aromatic heterocycles. The van der Waals surface area contributed by atoms with E-state index in [-0.39, 0.29) is 6.61 Å². The summed E-state index contributed by atoms with van der Waals surface area (Å²) >= 11 is 7.72. The molecule has 5 heteroatoms. The van der Waals surface area contributed by atoms with Gasteiger partial charge >= 0.3 is 0 Å². The molecule has 0 heterocycles. The van der Waals surface area contributed by atoms with Gasteiger partial charge in [-0.3, -0.25) is 0 Å². The summed E-state index contributed by atoms with van der Waals surface area (Å²) in [5, 5.41) is 12.8. The van der Waals surface area contributed by atoms with Crippen molar-refractivity contribution in [1.82, 2.24) is 5.32 Å².